The van der Waals surface area contributed by atoms with Gasteiger partial charge in [0.05, 0.1) is 19.5 Å². The lowest BCUT2D eigenvalue weighted by Gasteiger charge is -2.34. The third kappa shape index (κ3) is 6.92. The largest absolute Gasteiger partial charge is 0.493 e. The quantitative estimate of drug-likeness (QED) is 0.512. The van der Waals surface area contributed by atoms with Gasteiger partial charge in [-0.05, 0) is 56.3 Å². The molecule has 0 saturated carbocycles. The van der Waals surface area contributed by atoms with Gasteiger partial charge < -0.3 is 19.7 Å². The third-order valence-electron chi connectivity index (χ3n) is 4.93. The number of piperidine rings is 1. The summed E-state index contributed by atoms with van der Waals surface area (Å²) < 4.78 is 10.6. The van der Waals surface area contributed by atoms with Gasteiger partial charge in [-0.3, -0.25) is 4.79 Å². The van der Waals surface area contributed by atoms with Gasteiger partial charge in [-0.25, -0.2) is 0 Å². The van der Waals surface area contributed by atoms with E-state index in [1.807, 2.05) is 25.1 Å². The maximum Gasteiger partial charge on any atom is 0.233 e. The Labute approximate surface area is 168 Å². The molecule has 0 unspecified atom stereocenters. The van der Waals surface area contributed by atoms with E-state index in [0.717, 1.165) is 36.2 Å². The first-order chi connectivity index (χ1) is 12.9. The molecule has 6 heteroatoms. The van der Waals surface area contributed by atoms with Crippen molar-refractivity contribution in [2.24, 2.45) is 11.8 Å². The third-order valence-corrected chi connectivity index (χ3v) is 6.03. The van der Waals surface area contributed by atoms with Crippen LogP contribution in [0, 0.1) is 11.8 Å². The smallest absolute Gasteiger partial charge is 0.233 e. The van der Waals surface area contributed by atoms with Crippen LogP contribution in [0.1, 0.15) is 33.6 Å². The van der Waals surface area contributed by atoms with Crippen LogP contribution in [0.5, 0.6) is 11.5 Å². The molecule has 2 rings (SSSR count). The monoisotopic (exact) mass is 394 g/mol. The van der Waals surface area contributed by atoms with Crippen molar-refractivity contribution in [2.75, 3.05) is 40.4 Å². The molecule has 1 aliphatic rings. The first-order valence-corrected chi connectivity index (χ1v) is 10.7. The lowest BCUT2D eigenvalue weighted by Crippen LogP contribution is -2.40. The van der Waals surface area contributed by atoms with Gasteiger partial charge >= 0.3 is 0 Å². The first-order valence-electron chi connectivity index (χ1n) is 9.81. The van der Waals surface area contributed by atoms with Crippen LogP contribution in [0.15, 0.2) is 23.1 Å². The number of carbonyl (C=O) groups excluding carboxylic acids is 1. The Balaban J connectivity index is 1.72. The molecule has 152 valence electrons. The summed E-state index contributed by atoms with van der Waals surface area (Å²) in [6.45, 7) is 10.8. The molecule has 1 fully saturated rings. The highest BCUT2D eigenvalue weighted by Gasteiger charge is 2.21. The molecule has 0 radical (unpaired) electrons. The second-order valence-electron chi connectivity index (χ2n) is 7.63. The van der Waals surface area contributed by atoms with Crippen LogP contribution in [0.2, 0.25) is 0 Å². The molecule has 0 spiro atoms. The minimum Gasteiger partial charge on any atom is -0.493 e. The number of benzene rings is 1. The van der Waals surface area contributed by atoms with Gasteiger partial charge in [0.15, 0.2) is 11.5 Å². The predicted octanol–water partition coefficient (Wildman–Crippen LogP) is 3.67. The van der Waals surface area contributed by atoms with E-state index >= 15 is 0 Å². The van der Waals surface area contributed by atoms with Gasteiger partial charge in [0.1, 0.15) is 0 Å². The molecule has 1 aromatic carbocycles. The van der Waals surface area contributed by atoms with E-state index in [-0.39, 0.29) is 11.2 Å². The minimum atomic E-state index is -0.155. The first kappa shape index (κ1) is 21.9. The maximum absolute atomic E-state index is 12.4. The van der Waals surface area contributed by atoms with Crippen molar-refractivity contribution in [2.45, 2.75) is 43.8 Å². The Morgan fingerprint density at radius 1 is 1.22 bits per heavy atom. The number of methoxy groups -OCH3 is 2. The number of carbonyl (C=O) groups is 1. The summed E-state index contributed by atoms with van der Waals surface area (Å²) in [5, 5.41) is 2.92. The van der Waals surface area contributed by atoms with Crippen molar-refractivity contribution in [1.29, 1.82) is 0 Å². The number of nitrogens with one attached hydrogen (secondary N) is 1. The molecule has 1 heterocycles. The Bertz CT molecular complexity index is 601. The van der Waals surface area contributed by atoms with Crippen LogP contribution < -0.4 is 14.8 Å². The summed E-state index contributed by atoms with van der Waals surface area (Å²) in [5.74, 6) is 3.01. The Hall–Kier alpha value is -1.40. The van der Waals surface area contributed by atoms with E-state index in [1.165, 1.54) is 31.3 Å². The molecule has 1 saturated heterocycles. The summed E-state index contributed by atoms with van der Waals surface area (Å²) in [4.78, 5) is 15.9. The van der Waals surface area contributed by atoms with Crippen molar-refractivity contribution < 1.29 is 14.3 Å². The van der Waals surface area contributed by atoms with Gasteiger partial charge in [-0.15, -0.1) is 11.8 Å². The standard InChI is InChI=1S/C21H34N2O3S/c1-15-11-16(2)14-23(13-15)10-6-9-22-21(24)17(3)27-18-7-8-19(25-4)20(12-18)26-5/h7-8,12,15-17H,6,9-11,13-14H2,1-5H3,(H,22,24)/t15-,16+,17-/m0/s1. The highest BCUT2D eigenvalue weighted by molar-refractivity contribution is 8.00. The van der Waals surface area contributed by atoms with E-state index in [1.54, 1.807) is 14.2 Å². The fraction of sp³-hybridized carbons (Fsp3) is 0.667. The van der Waals surface area contributed by atoms with Crippen LogP contribution in [-0.2, 0) is 4.79 Å². The predicted molar refractivity (Wildman–Crippen MR) is 112 cm³/mol. The van der Waals surface area contributed by atoms with Gasteiger partial charge in [0, 0.05) is 24.5 Å². The second kappa shape index (κ2) is 10.8. The van der Waals surface area contributed by atoms with E-state index in [9.17, 15) is 4.79 Å². The van der Waals surface area contributed by atoms with Crippen LogP contribution in [0.4, 0.5) is 0 Å². The molecule has 1 N–H and O–H groups in total. The lowest BCUT2D eigenvalue weighted by molar-refractivity contribution is -0.120. The van der Waals surface area contributed by atoms with Gasteiger partial charge in [0.2, 0.25) is 5.91 Å². The van der Waals surface area contributed by atoms with Crippen molar-refractivity contribution >= 4 is 17.7 Å². The molecule has 0 aliphatic carbocycles. The SMILES string of the molecule is COc1ccc(S[C@@H](C)C(=O)NCCCN2C[C@H](C)C[C@H](C)C2)cc1OC. The molecule has 1 aliphatic heterocycles. The zero-order valence-electron chi connectivity index (χ0n) is 17.3. The zero-order valence-corrected chi connectivity index (χ0v) is 18.1. The molecular formula is C21H34N2O3S. The van der Waals surface area contributed by atoms with E-state index in [4.69, 9.17) is 9.47 Å². The average molecular weight is 395 g/mol. The number of thioether (sulfide) groups is 1. The number of rotatable bonds is 9. The summed E-state index contributed by atoms with van der Waals surface area (Å²) >= 11 is 1.53. The Kier molecular flexibility index (Phi) is 8.77. The van der Waals surface area contributed by atoms with E-state index in [0.29, 0.717) is 11.5 Å². The number of hydrogen-bond donors (Lipinski definition) is 1. The molecule has 0 aromatic heterocycles. The Morgan fingerprint density at radius 2 is 1.89 bits per heavy atom. The molecule has 27 heavy (non-hydrogen) atoms. The van der Waals surface area contributed by atoms with Crippen molar-refractivity contribution in [3.63, 3.8) is 0 Å². The minimum absolute atomic E-state index is 0.0789. The summed E-state index contributed by atoms with van der Waals surface area (Å²) in [6, 6.07) is 5.73. The van der Waals surface area contributed by atoms with E-state index < -0.39 is 0 Å². The van der Waals surface area contributed by atoms with Gasteiger partial charge in [-0.1, -0.05) is 13.8 Å². The van der Waals surface area contributed by atoms with Crippen molar-refractivity contribution in [3.05, 3.63) is 18.2 Å². The van der Waals surface area contributed by atoms with Crippen LogP contribution >= 0.6 is 11.8 Å². The topological polar surface area (TPSA) is 50.8 Å². The van der Waals surface area contributed by atoms with Crippen LogP contribution in [0.3, 0.4) is 0 Å². The normalized spacial score (nSPS) is 21.5. The second-order valence-corrected chi connectivity index (χ2v) is 9.04. The van der Waals surface area contributed by atoms with E-state index in [2.05, 4.69) is 24.1 Å². The van der Waals surface area contributed by atoms with Gasteiger partial charge in [-0.2, -0.15) is 0 Å². The molecule has 1 aromatic rings. The number of ether oxygens (including phenoxy) is 2. The zero-order chi connectivity index (χ0) is 19.8. The fourth-order valence-corrected chi connectivity index (χ4v) is 4.70. The van der Waals surface area contributed by atoms with Crippen LogP contribution in [0.25, 0.3) is 0 Å². The Morgan fingerprint density at radius 3 is 2.52 bits per heavy atom. The summed E-state index contributed by atoms with van der Waals surface area (Å²) in [5.41, 5.74) is 0. The van der Waals surface area contributed by atoms with Crippen molar-refractivity contribution in [1.82, 2.24) is 10.2 Å². The summed E-state index contributed by atoms with van der Waals surface area (Å²) in [6.07, 6.45) is 2.33. The number of nitrogens with zero attached hydrogens (tertiary/aromatic N) is 1. The molecule has 1 amide bonds. The average Bonchev–Trinajstić information content (AvgIpc) is 2.64. The van der Waals surface area contributed by atoms with Crippen LogP contribution in [-0.4, -0.2) is 56.5 Å². The number of likely N-dealkylation sites (tertiary alicyclic amines) is 1. The molecule has 3 atom stereocenters. The summed E-state index contributed by atoms with van der Waals surface area (Å²) in [7, 11) is 3.23. The van der Waals surface area contributed by atoms with Gasteiger partial charge in [0.25, 0.3) is 0 Å². The molecule has 0 bridgehead atoms. The fourth-order valence-electron chi connectivity index (χ4n) is 3.78. The number of amides is 1. The molecular weight excluding hydrogens is 360 g/mol. The lowest BCUT2D eigenvalue weighted by atomic mass is 9.92. The highest BCUT2D eigenvalue weighted by Crippen LogP contribution is 2.33. The maximum atomic E-state index is 12.4. The highest BCUT2D eigenvalue weighted by atomic mass is 32.2. The van der Waals surface area contributed by atoms with Crippen molar-refractivity contribution in [3.8, 4) is 11.5 Å². The molecule has 5 nitrogen and oxygen atoms in total. The number of hydrogen-bond acceptors (Lipinski definition) is 5.